The van der Waals surface area contributed by atoms with Crippen LogP contribution >= 0.6 is 0 Å². The van der Waals surface area contributed by atoms with Gasteiger partial charge in [0.25, 0.3) is 0 Å². The average molecular weight is 238 g/mol. The van der Waals surface area contributed by atoms with Gasteiger partial charge in [-0.1, -0.05) is 36.4 Å². The molecule has 0 saturated heterocycles. The molecule has 2 nitrogen and oxygen atoms in total. The summed E-state index contributed by atoms with van der Waals surface area (Å²) in [6.07, 6.45) is 0.820. The second-order valence-electron chi connectivity index (χ2n) is 4.39. The zero-order valence-corrected chi connectivity index (χ0v) is 10.3. The van der Waals surface area contributed by atoms with Gasteiger partial charge in [0.15, 0.2) is 0 Å². The zero-order valence-electron chi connectivity index (χ0n) is 10.3. The lowest BCUT2D eigenvalue weighted by molar-refractivity contribution is 0.0525. The molecular weight excluding hydrogens is 224 g/mol. The van der Waals surface area contributed by atoms with E-state index in [1.165, 1.54) is 11.1 Å². The summed E-state index contributed by atoms with van der Waals surface area (Å²) in [5, 5.41) is 0. The van der Waals surface area contributed by atoms with E-state index in [9.17, 15) is 4.79 Å². The lowest BCUT2D eigenvalue weighted by Gasteiger charge is -2.07. The van der Waals surface area contributed by atoms with Crippen LogP contribution in [0.25, 0.3) is 11.1 Å². The van der Waals surface area contributed by atoms with Crippen LogP contribution in [0, 0.1) is 0 Å². The molecule has 0 heterocycles. The summed E-state index contributed by atoms with van der Waals surface area (Å²) in [6, 6.07) is 14.1. The number of carbonyl (C=O) groups excluding carboxylic acids is 1. The van der Waals surface area contributed by atoms with Crippen LogP contribution in [0.15, 0.2) is 42.5 Å². The lowest BCUT2D eigenvalue weighted by Crippen LogP contribution is -2.07. The van der Waals surface area contributed by atoms with Crippen molar-refractivity contribution in [2.24, 2.45) is 0 Å². The van der Waals surface area contributed by atoms with Crippen molar-refractivity contribution < 1.29 is 9.53 Å². The molecule has 0 aromatic heterocycles. The fourth-order valence-corrected chi connectivity index (χ4v) is 2.56. The fourth-order valence-electron chi connectivity index (χ4n) is 2.56. The van der Waals surface area contributed by atoms with Crippen molar-refractivity contribution in [1.82, 2.24) is 0 Å². The molecule has 0 unspecified atom stereocenters. The van der Waals surface area contributed by atoms with Gasteiger partial charge in [-0.05, 0) is 41.7 Å². The first kappa shape index (κ1) is 11.0. The van der Waals surface area contributed by atoms with Gasteiger partial charge in [-0.2, -0.15) is 0 Å². The predicted octanol–water partition coefficient (Wildman–Crippen LogP) is 3.43. The number of hydrogen-bond donors (Lipinski definition) is 0. The molecule has 0 fully saturated rings. The largest absolute Gasteiger partial charge is 0.462 e. The monoisotopic (exact) mass is 238 g/mol. The number of esters is 1. The summed E-state index contributed by atoms with van der Waals surface area (Å²) in [7, 11) is 0. The second kappa shape index (κ2) is 4.30. The molecule has 0 N–H and O–H groups in total. The third-order valence-electron chi connectivity index (χ3n) is 3.35. The Morgan fingerprint density at radius 3 is 2.72 bits per heavy atom. The van der Waals surface area contributed by atoms with Crippen LogP contribution in [0.5, 0.6) is 0 Å². The Balaban J connectivity index is 2.11. The van der Waals surface area contributed by atoms with Gasteiger partial charge in [0, 0.05) is 0 Å². The normalized spacial score (nSPS) is 11.8. The van der Waals surface area contributed by atoms with Crippen molar-refractivity contribution in [2.75, 3.05) is 6.61 Å². The SMILES string of the molecule is CCOC(=O)c1cccc2c1Cc1ccccc1-2. The first-order chi connectivity index (χ1) is 8.81. The number of fused-ring (bicyclic) bond motifs is 3. The van der Waals surface area contributed by atoms with Gasteiger partial charge in [-0.25, -0.2) is 4.79 Å². The summed E-state index contributed by atoms with van der Waals surface area (Å²) in [6.45, 7) is 2.24. The van der Waals surface area contributed by atoms with Gasteiger partial charge in [0.2, 0.25) is 0 Å². The quantitative estimate of drug-likeness (QED) is 0.639. The molecule has 0 saturated carbocycles. The molecule has 0 amide bonds. The Labute approximate surface area is 106 Å². The third kappa shape index (κ3) is 1.61. The highest BCUT2D eigenvalue weighted by atomic mass is 16.5. The van der Waals surface area contributed by atoms with Crippen molar-refractivity contribution >= 4 is 5.97 Å². The number of benzene rings is 2. The van der Waals surface area contributed by atoms with E-state index in [2.05, 4.69) is 18.2 Å². The van der Waals surface area contributed by atoms with Crippen LogP contribution in [0.1, 0.15) is 28.4 Å². The highest BCUT2D eigenvalue weighted by Gasteiger charge is 2.23. The van der Waals surface area contributed by atoms with E-state index in [0.717, 1.165) is 17.5 Å². The highest BCUT2D eigenvalue weighted by Crippen LogP contribution is 2.38. The van der Waals surface area contributed by atoms with E-state index in [0.29, 0.717) is 12.2 Å². The van der Waals surface area contributed by atoms with Crippen molar-refractivity contribution in [2.45, 2.75) is 13.3 Å². The first-order valence-corrected chi connectivity index (χ1v) is 6.18. The Bertz CT molecular complexity index is 614. The maximum Gasteiger partial charge on any atom is 0.338 e. The topological polar surface area (TPSA) is 26.3 Å². The number of hydrogen-bond acceptors (Lipinski definition) is 2. The van der Waals surface area contributed by atoms with Gasteiger partial charge in [0.1, 0.15) is 0 Å². The van der Waals surface area contributed by atoms with E-state index in [-0.39, 0.29) is 5.97 Å². The molecule has 2 aromatic carbocycles. The lowest BCUT2D eigenvalue weighted by atomic mass is 10.0. The van der Waals surface area contributed by atoms with Crippen LogP contribution in [-0.4, -0.2) is 12.6 Å². The Morgan fingerprint density at radius 1 is 1.11 bits per heavy atom. The molecular formula is C16H14O2. The van der Waals surface area contributed by atoms with Crippen LogP contribution in [0.2, 0.25) is 0 Å². The molecule has 0 atom stereocenters. The van der Waals surface area contributed by atoms with E-state index < -0.39 is 0 Å². The number of ether oxygens (including phenoxy) is 1. The van der Waals surface area contributed by atoms with Crippen LogP contribution < -0.4 is 0 Å². The van der Waals surface area contributed by atoms with Crippen molar-refractivity contribution in [1.29, 1.82) is 0 Å². The van der Waals surface area contributed by atoms with Gasteiger partial charge in [0.05, 0.1) is 12.2 Å². The van der Waals surface area contributed by atoms with Crippen molar-refractivity contribution in [3.8, 4) is 11.1 Å². The molecule has 0 aliphatic heterocycles. The van der Waals surface area contributed by atoms with Crippen LogP contribution in [0.4, 0.5) is 0 Å². The summed E-state index contributed by atoms with van der Waals surface area (Å²) in [5.74, 6) is -0.220. The standard InChI is InChI=1S/C16H14O2/c1-2-18-16(17)14-9-5-8-13-12-7-4-3-6-11(12)10-15(13)14/h3-9H,2,10H2,1H3. The summed E-state index contributed by atoms with van der Waals surface area (Å²) in [5.41, 5.74) is 5.47. The molecule has 2 aromatic rings. The van der Waals surface area contributed by atoms with Crippen molar-refractivity contribution in [3.63, 3.8) is 0 Å². The van der Waals surface area contributed by atoms with Gasteiger partial charge in [-0.3, -0.25) is 0 Å². The first-order valence-electron chi connectivity index (χ1n) is 6.18. The fraction of sp³-hybridized carbons (Fsp3) is 0.188. The van der Waals surface area contributed by atoms with Gasteiger partial charge >= 0.3 is 5.97 Å². The van der Waals surface area contributed by atoms with Crippen LogP contribution in [-0.2, 0) is 11.2 Å². The van der Waals surface area contributed by atoms with Gasteiger partial charge in [-0.15, -0.1) is 0 Å². The Kier molecular flexibility index (Phi) is 2.63. The minimum Gasteiger partial charge on any atom is -0.462 e. The maximum absolute atomic E-state index is 11.9. The maximum atomic E-state index is 11.9. The van der Waals surface area contributed by atoms with E-state index in [4.69, 9.17) is 4.74 Å². The third-order valence-corrected chi connectivity index (χ3v) is 3.35. The summed E-state index contributed by atoms with van der Waals surface area (Å²) < 4.78 is 5.11. The molecule has 1 aliphatic carbocycles. The summed E-state index contributed by atoms with van der Waals surface area (Å²) in [4.78, 5) is 11.9. The Morgan fingerprint density at radius 2 is 1.89 bits per heavy atom. The molecule has 90 valence electrons. The highest BCUT2D eigenvalue weighted by molar-refractivity contribution is 5.95. The Hall–Kier alpha value is -2.09. The summed E-state index contributed by atoms with van der Waals surface area (Å²) >= 11 is 0. The molecule has 2 heteroatoms. The number of rotatable bonds is 2. The molecule has 18 heavy (non-hydrogen) atoms. The molecule has 0 bridgehead atoms. The average Bonchev–Trinajstić information content (AvgIpc) is 2.77. The van der Waals surface area contributed by atoms with E-state index in [1.807, 2.05) is 31.2 Å². The second-order valence-corrected chi connectivity index (χ2v) is 4.39. The van der Waals surface area contributed by atoms with E-state index >= 15 is 0 Å². The number of carbonyl (C=O) groups is 1. The van der Waals surface area contributed by atoms with E-state index in [1.54, 1.807) is 0 Å². The minimum atomic E-state index is -0.220. The minimum absolute atomic E-state index is 0.220. The zero-order chi connectivity index (χ0) is 12.5. The van der Waals surface area contributed by atoms with Crippen molar-refractivity contribution in [3.05, 3.63) is 59.2 Å². The molecule has 3 rings (SSSR count). The molecule has 0 radical (unpaired) electrons. The molecule has 0 spiro atoms. The van der Waals surface area contributed by atoms with Crippen LogP contribution in [0.3, 0.4) is 0 Å². The predicted molar refractivity (Wildman–Crippen MR) is 70.6 cm³/mol. The molecule has 1 aliphatic rings. The smallest absolute Gasteiger partial charge is 0.338 e. The van der Waals surface area contributed by atoms with Gasteiger partial charge < -0.3 is 4.74 Å².